The summed E-state index contributed by atoms with van der Waals surface area (Å²) in [7, 11) is 0. The normalized spacial score (nSPS) is 37.2. The van der Waals surface area contributed by atoms with Crippen LogP contribution < -0.4 is 0 Å². The maximum Gasteiger partial charge on any atom is 0.0591 e. The molecule has 2 heteroatoms. The summed E-state index contributed by atoms with van der Waals surface area (Å²) in [5.41, 5.74) is 4.02. The highest BCUT2D eigenvalue weighted by atomic mass is 16.3. The number of fused-ring (bicyclic) bond motifs is 1. The van der Waals surface area contributed by atoms with Gasteiger partial charge < -0.3 is 10.2 Å². The maximum absolute atomic E-state index is 10.0. The second kappa shape index (κ2) is 9.10. The third-order valence-corrected chi connectivity index (χ3v) is 8.36. The molecule has 0 amide bonds. The van der Waals surface area contributed by atoms with Crippen molar-refractivity contribution in [2.75, 3.05) is 0 Å². The fraction of sp³-hybridized carbons (Fsp3) is 0.778. The van der Waals surface area contributed by atoms with E-state index in [9.17, 15) is 10.2 Å². The highest BCUT2D eigenvalue weighted by molar-refractivity contribution is 5.36. The maximum atomic E-state index is 10.0. The number of allylic oxidation sites excluding steroid dienone is 4. The molecule has 5 atom stereocenters. The SMILES string of the molecule is C=C1CC[C@@H](O)C/C1=C/C=C1\CCCC2(C)C1CCC2[C@@H](C)CCCC(C)(C)O. The monoisotopic (exact) mass is 400 g/mol. The van der Waals surface area contributed by atoms with Crippen LogP contribution in [0.15, 0.2) is 35.5 Å². The Kier molecular flexibility index (Phi) is 7.16. The fourth-order valence-electron chi connectivity index (χ4n) is 6.67. The van der Waals surface area contributed by atoms with Gasteiger partial charge in [0.25, 0.3) is 0 Å². The third kappa shape index (κ3) is 5.44. The molecule has 0 saturated heterocycles. The van der Waals surface area contributed by atoms with Gasteiger partial charge in [0, 0.05) is 0 Å². The van der Waals surface area contributed by atoms with Crippen LogP contribution in [0.25, 0.3) is 0 Å². The first kappa shape index (κ1) is 22.8. The van der Waals surface area contributed by atoms with E-state index in [0.29, 0.717) is 5.41 Å². The van der Waals surface area contributed by atoms with Crippen LogP contribution in [0, 0.1) is 23.2 Å². The second-order valence-electron chi connectivity index (χ2n) is 11.2. The quantitative estimate of drug-likeness (QED) is 0.518. The highest BCUT2D eigenvalue weighted by Gasteiger charge is 2.50. The molecule has 0 aromatic rings. The summed E-state index contributed by atoms with van der Waals surface area (Å²) in [5.74, 6) is 2.26. The molecule has 0 bridgehead atoms. The molecule has 3 aliphatic carbocycles. The minimum absolute atomic E-state index is 0.192. The van der Waals surface area contributed by atoms with Gasteiger partial charge in [-0.2, -0.15) is 0 Å². The van der Waals surface area contributed by atoms with Gasteiger partial charge >= 0.3 is 0 Å². The van der Waals surface area contributed by atoms with Crippen molar-refractivity contribution in [3.05, 3.63) is 35.5 Å². The zero-order valence-corrected chi connectivity index (χ0v) is 19.3. The number of aliphatic hydroxyl groups is 2. The molecule has 0 spiro atoms. The van der Waals surface area contributed by atoms with Crippen LogP contribution in [0.1, 0.15) is 98.3 Å². The summed E-state index contributed by atoms with van der Waals surface area (Å²) < 4.78 is 0. The van der Waals surface area contributed by atoms with E-state index in [1.54, 1.807) is 5.57 Å². The number of hydrogen-bond donors (Lipinski definition) is 2. The van der Waals surface area contributed by atoms with Gasteiger partial charge in [0.05, 0.1) is 11.7 Å². The van der Waals surface area contributed by atoms with Gasteiger partial charge in [0.2, 0.25) is 0 Å². The molecule has 0 aromatic carbocycles. The molecule has 29 heavy (non-hydrogen) atoms. The van der Waals surface area contributed by atoms with Gasteiger partial charge in [-0.25, -0.2) is 0 Å². The van der Waals surface area contributed by atoms with Crippen LogP contribution in [0.4, 0.5) is 0 Å². The van der Waals surface area contributed by atoms with Crippen molar-refractivity contribution >= 4 is 0 Å². The average Bonchev–Trinajstić information content (AvgIpc) is 2.99. The Morgan fingerprint density at radius 2 is 1.97 bits per heavy atom. The molecule has 2 nitrogen and oxygen atoms in total. The van der Waals surface area contributed by atoms with E-state index in [1.165, 1.54) is 49.7 Å². The van der Waals surface area contributed by atoms with Crippen LogP contribution in [-0.2, 0) is 0 Å². The largest absolute Gasteiger partial charge is 0.393 e. The minimum Gasteiger partial charge on any atom is -0.393 e. The van der Waals surface area contributed by atoms with Crippen molar-refractivity contribution < 1.29 is 10.2 Å². The molecule has 3 unspecified atom stereocenters. The average molecular weight is 401 g/mol. The summed E-state index contributed by atoms with van der Waals surface area (Å²) >= 11 is 0. The van der Waals surface area contributed by atoms with Gasteiger partial charge in [-0.05, 0) is 100 Å². The van der Waals surface area contributed by atoms with Crippen LogP contribution in [0.3, 0.4) is 0 Å². The molecule has 3 rings (SSSR count). The van der Waals surface area contributed by atoms with Gasteiger partial charge in [0.1, 0.15) is 0 Å². The van der Waals surface area contributed by atoms with E-state index in [2.05, 4.69) is 32.6 Å². The van der Waals surface area contributed by atoms with Gasteiger partial charge in [-0.1, -0.05) is 56.6 Å². The van der Waals surface area contributed by atoms with Gasteiger partial charge in [-0.15, -0.1) is 0 Å². The lowest BCUT2D eigenvalue weighted by molar-refractivity contribution is 0.0596. The Morgan fingerprint density at radius 3 is 2.69 bits per heavy atom. The molecule has 3 aliphatic rings. The fourth-order valence-corrected chi connectivity index (χ4v) is 6.67. The first-order valence-corrected chi connectivity index (χ1v) is 12.1. The molecule has 2 N–H and O–H groups in total. The Bertz CT molecular complexity index is 650. The molecule has 0 aliphatic heterocycles. The molecule has 164 valence electrons. The van der Waals surface area contributed by atoms with E-state index in [4.69, 9.17) is 0 Å². The molecule has 0 radical (unpaired) electrons. The van der Waals surface area contributed by atoms with Crippen molar-refractivity contribution in [1.29, 1.82) is 0 Å². The summed E-state index contributed by atoms with van der Waals surface area (Å²) in [4.78, 5) is 0. The predicted molar refractivity (Wildman–Crippen MR) is 123 cm³/mol. The van der Waals surface area contributed by atoms with Crippen molar-refractivity contribution in [1.82, 2.24) is 0 Å². The lowest BCUT2D eigenvalue weighted by Gasteiger charge is -2.44. The Hall–Kier alpha value is -0.860. The minimum atomic E-state index is -0.535. The summed E-state index contributed by atoms with van der Waals surface area (Å²) in [6, 6.07) is 0. The van der Waals surface area contributed by atoms with Crippen LogP contribution in [0.5, 0.6) is 0 Å². The second-order valence-corrected chi connectivity index (χ2v) is 11.2. The van der Waals surface area contributed by atoms with Crippen molar-refractivity contribution in [3.8, 4) is 0 Å². The topological polar surface area (TPSA) is 40.5 Å². The first-order valence-electron chi connectivity index (χ1n) is 12.1. The first-order chi connectivity index (χ1) is 13.6. The standard InChI is InChI=1S/C27H44O2/c1-19-10-13-23(28)18-22(19)12-11-21-9-7-17-27(5)24(14-15-25(21)27)20(2)8-6-16-26(3,4)29/h11-12,20,23-25,28-29H,1,6-10,13-18H2,2-5H3/b21-11+,22-12-/t20-,23+,24?,25?,27?/m0/s1. The van der Waals surface area contributed by atoms with Crippen molar-refractivity contribution in [3.63, 3.8) is 0 Å². The summed E-state index contributed by atoms with van der Waals surface area (Å²) in [6.45, 7) is 13.1. The third-order valence-electron chi connectivity index (χ3n) is 8.36. The van der Waals surface area contributed by atoms with E-state index >= 15 is 0 Å². The Balaban J connectivity index is 1.68. The van der Waals surface area contributed by atoms with Crippen molar-refractivity contribution in [2.24, 2.45) is 23.2 Å². The van der Waals surface area contributed by atoms with Gasteiger partial charge in [0.15, 0.2) is 0 Å². The van der Waals surface area contributed by atoms with Crippen LogP contribution in [0.2, 0.25) is 0 Å². The highest BCUT2D eigenvalue weighted by Crippen LogP contribution is 2.60. The zero-order valence-electron chi connectivity index (χ0n) is 19.3. The summed E-state index contributed by atoms with van der Waals surface area (Å²) in [5, 5.41) is 20.1. The zero-order chi connectivity index (χ0) is 21.2. The number of hydrogen-bond acceptors (Lipinski definition) is 2. The van der Waals surface area contributed by atoms with Crippen LogP contribution in [-0.4, -0.2) is 21.9 Å². The number of aliphatic hydroxyl groups excluding tert-OH is 1. The lowest BCUT2D eigenvalue weighted by Crippen LogP contribution is -2.36. The van der Waals surface area contributed by atoms with Crippen LogP contribution >= 0.6 is 0 Å². The Labute approximate surface area is 179 Å². The van der Waals surface area contributed by atoms with E-state index in [0.717, 1.165) is 49.9 Å². The summed E-state index contributed by atoms with van der Waals surface area (Å²) in [6.07, 6.45) is 16.9. The molecular weight excluding hydrogens is 356 g/mol. The lowest BCUT2D eigenvalue weighted by atomic mass is 9.60. The Morgan fingerprint density at radius 1 is 1.21 bits per heavy atom. The molecule has 0 aromatic heterocycles. The van der Waals surface area contributed by atoms with E-state index in [1.807, 2.05) is 13.8 Å². The molecule has 3 saturated carbocycles. The van der Waals surface area contributed by atoms with Crippen molar-refractivity contribution in [2.45, 2.75) is 110 Å². The predicted octanol–water partition coefficient (Wildman–Crippen LogP) is 6.73. The number of rotatable bonds is 6. The van der Waals surface area contributed by atoms with Gasteiger partial charge in [-0.3, -0.25) is 0 Å². The molecule has 3 fully saturated rings. The molecular formula is C27H44O2. The smallest absolute Gasteiger partial charge is 0.0591 e. The molecule has 0 heterocycles. The van der Waals surface area contributed by atoms with E-state index < -0.39 is 5.60 Å². The van der Waals surface area contributed by atoms with E-state index in [-0.39, 0.29) is 6.10 Å².